The van der Waals surface area contributed by atoms with E-state index in [0.29, 0.717) is 11.7 Å². The van der Waals surface area contributed by atoms with Crippen LogP contribution in [0.5, 0.6) is 0 Å². The molecule has 0 saturated carbocycles. The lowest BCUT2D eigenvalue weighted by atomic mass is 9.87. The summed E-state index contributed by atoms with van der Waals surface area (Å²) in [7, 11) is 0. The number of rotatable bonds is 0. The Morgan fingerprint density at radius 2 is 2.33 bits per heavy atom. The molecule has 0 saturated heterocycles. The number of nitrogens with two attached hydrogens (primary N) is 1. The molecule has 2 heterocycles. The van der Waals surface area contributed by atoms with Crippen LogP contribution < -0.4 is 5.73 Å². The predicted octanol–water partition coefficient (Wildman–Crippen LogP) is 2.71. The molecule has 0 fully saturated rings. The number of nitrogen functional groups attached to an aromatic ring is 1. The van der Waals surface area contributed by atoms with Crippen molar-refractivity contribution in [1.29, 1.82) is 0 Å². The van der Waals surface area contributed by atoms with Gasteiger partial charge in [-0.25, -0.2) is 9.97 Å². The van der Waals surface area contributed by atoms with E-state index in [1.165, 1.54) is 29.7 Å². The van der Waals surface area contributed by atoms with Crippen molar-refractivity contribution < 1.29 is 0 Å². The first-order valence-corrected chi connectivity index (χ1v) is 6.10. The van der Waals surface area contributed by atoms with E-state index in [1.807, 2.05) is 0 Å². The van der Waals surface area contributed by atoms with E-state index in [0.717, 1.165) is 10.2 Å². The minimum Gasteiger partial charge on any atom is -0.383 e. The number of aromatic nitrogens is 2. The molecular weight excluding hydrogens is 206 g/mol. The molecule has 3 rings (SSSR count). The molecule has 0 spiro atoms. The number of anilines is 1. The minimum atomic E-state index is 0.607. The topological polar surface area (TPSA) is 51.8 Å². The van der Waals surface area contributed by atoms with Gasteiger partial charge in [-0.1, -0.05) is 6.92 Å². The molecule has 0 radical (unpaired) electrons. The van der Waals surface area contributed by atoms with Crippen LogP contribution in [0.15, 0.2) is 6.33 Å². The lowest BCUT2D eigenvalue weighted by molar-refractivity contribution is 0.602. The number of thiophene rings is 1. The van der Waals surface area contributed by atoms with Crippen molar-refractivity contribution in [3.05, 3.63) is 16.8 Å². The van der Waals surface area contributed by atoms with Crippen molar-refractivity contribution in [2.24, 2.45) is 0 Å². The van der Waals surface area contributed by atoms with Crippen LogP contribution in [-0.4, -0.2) is 9.97 Å². The molecule has 0 amide bonds. The van der Waals surface area contributed by atoms with Crippen molar-refractivity contribution in [3.8, 4) is 0 Å². The summed E-state index contributed by atoms with van der Waals surface area (Å²) in [6, 6.07) is 0. The summed E-state index contributed by atoms with van der Waals surface area (Å²) in [5.74, 6) is 1.25. The zero-order valence-corrected chi connectivity index (χ0v) is 9.47. The van der Waals surface area contributed by atoms with Crippen LogP contribution in [0.25, 0.3) is 10.2 Å². The molecular formula is C11H13N3S. The van der Waals surface area contributed by atoms with Crippen LogP contribution in [0.3, 0.4) is 0 Å². The number of hydrogen-bond donors (Lipinski definition) is 1. The monoisotopic (exact) mass is 219 g/mol. The number of nitrogens with zero attached hydrogens (tertiary/aromatic N) is 2. The first-order valence-electron chi connectivity index (χ1n) is 5.29. The van der Waals surface area contributed by atoms with Crippen LogP contribution in [-0.2, 0) is 6.42 Å². The van der Waals surface area contributed by atoms with Crippen LogP contribution in [0.1, 0.15) is 36.1 Å². The zero-order valence-electron chi connectivity index (χ0n) is 8.66. The maximum atomic E-state index is 5.94. The zero-order chi connectivity index (χ0) is 10.4. The Morgan fingerprint density at radius 1 is 1.47 bits per heavy atom. The van der Waals surface area contributed by atoms with Crippen LogP contribution in [0.2, 0.25) is 0 Å². The molecule has 2 N–H and O–H groups in total. The minimum absolute atomic E-state index is 0.607. The smallest absolute Gasteiger partial charge is 0.135 e. The third kappa shape index (κ3) is 1.24. The third-order valence-electron chi connectivity index (χ3n) is 3.17. The Labute approximate surface area is 92.4 Å². The van der Waals surface area contributed by atoms with E-state index in [2.05, 4.69) is 16.9 Å². The lowest BCUT2D eigenvalue weighted by Gasteiger charge is -2.18. The van der Waals surface area contributed by atoms with Gasteiger partial charge in [0.2, 0.25) is 0 Å². The largest absolute Gasteiger partial charge is 0.383 e. The van der Waals surface area contributed by atoms with Gasteiger partial charge in [0.15, 0.2) is 0 Å². The summed E-state index contributed by atoms with van der Waals surface area (Å²) in [5, 5.41) is 1.12. The van der Waals surface area contributed by atoms with Crippen LogP contribution >= 0.6 is 11.3 Å². The van der Waals surface area contributed by atoms with E-state index in [4.69, 9.17) is 5.73 Å². The summed E-state index contributed by atoms with van der Waals surface area (Å²) in [6.45, 7) is 2.27. The number of aryl methyl sites for hydroxylation is 1. The van der Waals surface area contributed by atoms with E-state index in [-0.39, 0.29) is 0 Å². The SMILES string of the molecule is C[C@H]1CCCc2sc3ncnc(N)c3c21. The Bertz CT molecular complexity index is 518. The molecule has 1 aliphatic rings. The Morgan fingerprint density at radius 3 is 3.20 bits per heavy atom. The van der Waals surface area contributed by atoms with Gasteiger partial charge in [-0.15, -0.1) is 11.3 Å². The fraction of sp³-hybridized carbons (Fsp3) is 0.455. The van der Waals surface area contributed by atoms with E-state index in [1.54, 1.807) is 17.7 Å². The average Bonchev–Trinajstić information content (AvgIpc) is 2.58. The Hall–Kier alpha value is -1.16. The molecule has 15 heavy (non-hydrogen) atoms. The Balaban J connectivity index is 2.38. The molecule has 2 aromatic heterocycles. The summed E-state index contributed by atoms with van der Waals surface area (Å²) < 4.78 is 0. The highest BCUT2D eigenvalue weighted by Crippen LogP contribution is 2.42. The summed E-state index contributed by atoms with van der Waals surface area (Å²) in [5.41, 5.74) is 7.36. The van der Waals surface area contributed by atoms with Crippen molar-refractivity contribution in [3.63, 3.8) is 0 Å². The van der Waals surface area contributed by atoms with Crippen molar-refractivity contribution >= 4 is 27.4 Å². The number of hydrogen-bond acceptors (Lipinski definition) is 4. The van der Waals surface area contributed by atoms with Crippen LogP contribution in [0, 0.1) is 0 Å². The molecule has 4 heteroatoms. The second-order valence-electron chi connectivity index (χ2n) is 4.17. The maximum absolute atomic E-state index is 5.94. The second kappa shape index (κ2) is 3.17. The summed E-state index contributed by atoms with van der Waals surface area (Å²) >= 11 is 1.79. The second-order valence-corrected chi connectivity index (χ2v) is 5.25. The molecule has 0 bridgehead atoms. The molecule has 3 nitrogen and oxygen atoms in total. The van der Waals surface area contributed by atoms with Crippen molar-refractivity contribution in [2.45, 2.75) is 32.1 Å². The molecule has 0 aromatic carbocycles. The van der Waals surface area contributed by atoms with Gasteiger partial charge < -0.3 is 5.73 Å². The van der Waals surface area contributed by atoms with Crippen molar-refractivity contribution in [2.75, 3.05) is 5.73 Å². The third-order valence-corrected chi connectivity index (χ3v) is 4.34. The van der Waals surface area contributed by atoms with Gasteiger partial charge in [0, 0.05) is 4.88 Å². The van der Waals surface area contributed by atoms with Gasteiger partial charge in [0.25, 0.3) is 0 Å². The number of fused-ring (bicyclic) bond motifs is 3. The predicted molar refractivity (Wildman–Crippen MR) is 63.2 cm³/mol. The van der Waals surface area contributed by atoms with Gasteiger partial charge in [-0.2, -0.15) is 0 Å². The standard InChI is InChI=1S/C11H13N3S/c1-6-3-2-4-7-8(6)9-10(12)13-5-14-11(9)15-7/h5-6H,2-4H2,1H3,(H2,12,13,14)/t6-/m0/s1. The van der Waals surface area contributed by atoms with Crippen LogP contribution in [0.4, 0.5) is 5.82 Å². The molecule has 1 atom stereocenters. The fourth-order valence-electron chi connectivity index (χ4n) is 2.44. The molecule has 0 unspecified atom stereocenters. The first kappa shape index (κ1) is 9.09. The summed E-state index contributed by atoms with van der Waals surface area (Å²) in [6.07, 6.45) is 5.28. The van der Waals surface area contributed by atoms with Gasteiger partial charge in [-0.05, 0) is 30.7 Å². The Kier molecular flexibility index (Phi) is 1.92. The molecule has 1 aliphatic carbocycles. The maximum Gasteiger partial charge on any atom is 0.135 e. The van der Waals surface area contributed by atoms with E-state index < -0.39 is 0 Å². The van der Waals surface area contributed by atoms with Crippen molar-refractivity contribution in [1.82, 2.24) is 9.97 Å². The van der Waals surface area contributed by atoms with Gasteiger partial charge >= 0.3 is 0 Å². The van der Waals surface area contributed by atoms with E-state index in [9.17, 15) is 0 Å². The highest BCUT2D eigenvalue weighted by atomic mass is 32.1. The summed E-state index contributed by atoms with van der Waals surface area (Å²) in [4.78, 5) is 10.9. The highest BCUT2D eigenvalue weighted by Gasteiger charge is 2.23. The quantitative estimate of drug-likeness (QED) is 0.741. The average molecular weight is 219 g/mol. The molecule has 2 aromatic rings. The van der Waals surface area contributed by atoms with Gasteiger partial charge in [0.1, 0.15) is 17.0 Å². The fourth-order valence-corrected chi connectivity index (χ4v) is 3.75. The van der Waals surface area contributed by atoms with Gasteiger partial charge in [0.05, 0.1) is 5.39 Å². The molecule has 0 aliphatic heterocycles. The van der Waals surface area contributed by atoms with E-state index >= 15 is 0 Å². The lowest BCUT2D eigenvalue weighted by Crippen LogP contribution is -2.04. The molecule has 78 valence electrons. The van der Waals surface area contributed by atoms with Gasteiger partial charge in [-0.3, -0.25) is 0 Å². The highest BCUT2D eigenvalue weighted by molar-refractivity contribution is 7.19. The normalized spacial score (nSPS) is 20.5. The first-order chi connectivity index (χ1) is 7.27.